The van der Waals surface area contributed by atoms with E-state index in [1.54, 1.807) is 0 Å². The molecule has 2 rings (SSSR count). The van der Waals surface area contributed by atoms with Crippen LogP contribution in [-0.4, -0.2) is 9.97 Å². The van der Waals surface area contributed by atoms with Crippen LogP contribution in [0.5, 0.6) is 0 Å². The van der Waals surface area contributed by atoms with Crippen LogP contribution in [0.15, 0.2) is 24.3 Å². The van der Waals surface area contributed by atoms with Gasteiger partial charge in [-0.25, -0.2) is 4.98 Å². The Hall–Kier alpha value is -1.31. The van der Waals surface area contributed by atoms with Gasteiger partial charge in [0, 0.05) is 5.41 Å². The molecule has 0 bridgehead atoms. The molecule has 1 aromatic carbocycles. The Balaban J connectivity index is 0.000000531. The molecule has 0 radical (unpaired) electrons. The van der Waals surface area contributed by atoms with E-state index in [1.807, 2.05) is 32.0 Å². The monoisotopic (exact) mass is 204 g/mol. The molecule has 0 saturated carbocycles. The van der Waals surface area contributed by atoms with Crippen molar-refractivity contribution in [2.75, 3.05) is 0 Å². The summed E-state index contributed by atoms with van der Waals surface area (Å²) in [5.41, 5.74) is 2.26. The van der Waals surface area contributed by atoms with Crippen LogP contribution in [0.25, 0.3) is 11.0 Å². The van der Waals surface area contributed by atoms with Crippen molar-refractivity contribution in [3.63, 3.8) is 0 Å². The highest BCUT2D eigenvalue weighted by molar-refractivity contribution is 5.74. The second-order valence-electron chi connectivity index (χ2n) is 4.35. The van der Waals surface area contributed by atoms with Gasteiger partial charge < -0.3 is 4.98 Å². The molecule has 82 valence electrons. The largest absolute Gasteiger partial charge is 0.342 e. The third-order valence-corrected chi connectivity index (χ3v) is 2.10. The number of rotatable bonds is 0. The molecular weight excluding hydrogens is 184 g/mol. The third kappa shape index (κ3) is 2.58. The van der Waals surface area contributed by atoms with Crippen LogP contribution in [0, 0.1) is 0 Å². The number of imidazole rings is 1. The molecule has 0 aliphatic carbocycles. The van der Waals surface area contributed by atoms with Crippen LogP contribution in [0.3, 0.4) is 0 Å². The number of aromatic amines is 1. The first-order chi connectivity index (χ1) is 7.07. The molecule has 15 heavy (non-hydrogen) atoms. The van der Waals surface area contributed by atoms with Crippen LogP contribution < -0.4 is 0 Å². The van der Waals surface area contributed by atoms with Gasteiger partial charge in [-0.3, -0.25) is 0 Å². The number of fused-ring (bicyclic) bond motifs is 1. The van der Waals surface area contributed by atoms with Crippen molar-refractivity contribution in [2.24, 2.45) is 0 Å². The van der Waals surface area contributed by atoms with E-state index in [-0.39, 0.29) is 5.41 Å². The van der Waals surface area contributed by atoms with Gasteiger partial charge in [0.25, 0.3) is 0 Å². The molecule has 0 spiro atoms. The molecule has 2 aromatic rings. The molecule has 1 N–H and O–H groups in total. The highest BCUT2D eigenvalue weighted by Crippen LogP contribution is 2.21. The van der Waals surface area contributed by atoms with Crippen molar-refractivity contribution < 1.29 is 0 Å². The number of H-pyrrole nitrogens is 1. The average molecular weight is 204 g/mol. The zero-order chi connectivity index (χ0) is 11.5. The summed E-state index contributed by atoms with van der Waals surface area (Å²) in [4.78, 5) is 7.85. The Labute approximate surface area is 91.7 Å². The topological polar surface area (TPSA) is 28.7 Å². The molecule has 1 heterocycles. The number of nitrogens with zero attached hydrogens (tertiary/aromatic N) is 1. The summed E-state index contributed by atoms with van der Waals surface area (Å²) < 4.78 is 0. The van der Waals surface area contributed by atoms with E-state index in [0.29, 0.717) is 0 Å². The fourth-order valence-electron chi connectivity index (χ4n) is 1.31. The number of benzene rings is 1. The van der Waals surface area contributed by atoms with Gasteiger partial charge in [0.1, 0.15) is 5.82 Å². The quantitative estimate of drug-likeness (QED) is 0.693. The van der Waals surface area contributed by atoms with Gasteiger partial charge in [0.2, 0.25) is 0 Å². The fourth-order valence-corrected chi connectivity index (χ4v) is 1.31. The van der Waals surface area contributed by atoms with Crippen molar-refractivity contribution in [1.82, 2.24) is 9.97 Å². The summed E-state index contributed by atoms with van der Waals surface area (Å²) in [6.45, 7) is 10.5. The van der Waals surface area contributed by atoms with E-state index in [4.69, 9.17) is 0 Å². The number of hydrogen-bond acceptors (Lipinski definition) is 1. The summed E-state index contributed by atoms with van der Waals surface area (Å²) in [5, 5.41) is 0. The van der Waals surface area contributed by atoms with E-state index in [2.05, 4.69) is 36.8 Å². The normalized spacial score (nSPS) is 11.0. The van der Waals surface area contributed by atoms with Gasteiger partial charge in [-0.15, -0.1) is 0 Å². The summed E-state index contributed by atoms with van der Waals surface area (Å²) in [6.07, 6.45) is 0. The SMILES string of the molecule is CC.CC(C)(C)c1nc2ccccc2[nH]1. The van der Waals surface area contributed by atoms with Gasteiger partial charge in [-0.2, -0.15) is 0 Å². The highest BCUT2D eigenvalue weighted by Gasteiger charge is 2.17. The molecule has 0 aliphatic heterocycles. The Morgan fingerprint density at radius 2 is 1.67 bits per heavy atom. The Kier molecular flexibility index (Phi) is 3.51. The second-order valence-corrected chi connectivity index (χ2v) is 4.35. The highest BCUT2D eigenvalue weighted by atomic mass is 14.9. The van der Waals surface area contributed by atoms with E-state index < -0.39 is 0 Å². The van der Waals surface area contributed by atoms with Gasteiger partial charge in [0.15, 0.2) is 0 Å². The minimum absolute atomic E-state index is 0.0962. The second kappa shape index (κ2) is 4.47. The number of para-hydroxylation sites is 2. The van der Waals surface area contributed by atoms with Gasteiger partial charge in [-0.05, 0) is 12.1 Å². The maximum atomic E-state index is 4.53. The van der Waals surface area contributed by atoms with E-state index >= 15 is 0 Å². The Morgan fingerprint density at radius 3 is 2.20 bits per heavy atom. The minimum atomic E-state index is 0.0962. The predicted octanol–water partition coefficient (Wildman–Crippen LogP) is 3.89. The smallest absolute Gasteiger partial charge is 0.112 e. The molecule has 1 aromatic heterocycles. The number of aromatic nitrogens is 2. The van der Waals surface area contributed by atoms with Gasteiger partial charge in [-0.1, -0.05) is 46.8 Å². The number of nitrogens with one attached hydrogen (secondary N) is 1. The van der Waals surface area contributed by atoms with E-state index in [1.165, 1.54) is 0 Å². The summed E-state index contributed by atoms with van der Waals surface area (Å²) >= 11 is 0. The first-order valence-electron chi connectivity index (χ1n) is 5.52. The first kappa shape index (κ1) is 11.8. The zero-order valence-corrected chi connectivity index (χ0v) is 10.3. The molecule has 0 unspecified atom stereocenters. The van der Waals surface area contributed by atoms with Crippen LogP contribution in [-0.2, 0) is 5.41 Å². The molecule has 0 fully saturated rings. The Bertz CT molecular complexity index is 388. The lowest BCUT2D eigenvalue weighted by molar-refractivity contribution is 0.554. The molecule has 0 saturated heterocycles. The minimum Gasteiger partial charge on any atom is -0.342 e. The summed E-state index contributed by atoms with van der Waals surface area (Å²) in [5.74, 6) is 1.05. The molecule has 0 atom stereocenters. The van der Waals surface area contributed by atoms with Crippen molar-refractivity contribution in [3.8, 4) is 0 Å². The van der Waals surface area contributed by atoms with Crippen molar-refractivity contribution in [3.05, 3.63) is 30.1 Å². The van der Waals surface area contributed by atoms with Crippen LogP contribution in [0.1, 0.15) is 40.4 Å². The predicted molar refractivity (Wildman–Crippen MR) is 66.1 cm³/mol. The maximum absolute atomic E-state index is 4.53. The van der Waals surface area contributed by atoms with Crippen molar-refractivity contribution in [1.29, 1.82) is 0 Å². The summed E-state index contributed by atoms with van der Waals surface area (Å²) in [7, 11) is 0. The van der Waals surface area contributed by atoms with E-state index in [9.17, 15) is 0 Å². The van der Waals surface area contributed by atoms with Crippen LogP contribution in [0.2, 0.25) is 0 Å². The summed E-state index contributed by atoms with van der Waals surface area (Å²) in [6, 6.07) is 8.11. The zero-order valence-electron chi connectivity index (χ0n) is 10.3. The van der Waals surface area contributed by atoms with Crippen molar-refractivity contribution >= 4 is 11.0 Å². The van der Waals surface area contributed by atoms with Crippen molar-refractivity contribution in [2.45, 2.75) is 40.0 Å². The molecular formula is C13H20N2. The van der Waals surface area contributed by atoms with E-state index in [0.717, 1.165) is 16.9 Å². The Morgan fingerprint density at radius 1 is 1.07 bits per heavy atom. The van der Waals surface area contributed by atoms with Gasteiger partial charge >= 0.3 is 0 Å². The third-order valence-electron chi connectivity index (χ3n) is 2.10. The lowest BCUT2D eigenvalue weighted by Crippen LogP contribution is -2.12. The lowest BCUT2D eigenvalue weighted by Gasteiger charge is -2.13. The standard InChI is InChI=1S/C11H14N2.C2H6/c1-11(2,3)10-12-8-6-4-5-7-9(8)13-10;1-2/h4-7H,1-3H3,(H,12,13);1-2H3. The molecule has 2 heteroatoms. The van der Waals surface area contributed by atoms with Gasteiger partial charge in [0.05, 0.1) is 11.0 Å². The lowest BCUT2D eigenvalue weighted by atomic mass is 9.96. The average Bonchev–Trinajstić information content (AvgIpc) is 2.63. The molecule has 2 nitrogen and oxygen atoms in total. The van der Waals surface area contributed by atoms with Crippen LogP contribution in [0.4, 0.5) is 0 Å². The van der Waals surface area contributed by atoms with Crippen LogP contribution >= 0.6 is 0 Å². The molecule has 0 amide bonds. The fraction of sp³-hybridized carbons (Fsp3) is 0.462. The maximum Gasteiger partial charge on any atom is 0.112 e. The first-order valence-corrected chi connectivity index (χ1v) is 5.52. The number of hydrogen-bond donors (Lipinski definition) is 1. The molecule has 0 aliphatic rings.